The molecule has 2 N–H and O–H groups in total. The van der Waals surface area contributed by atoms with Crippen LogP contribution in [0.2, 0.25) is 0 Å². The van der Waals surface area contributed by atoms with E-state index in [1.165, 1.54) is 12.1 Å². The van der Waals surface area contributed by atoms with Crippen LogP contribution in [0.4, 0.5) is 35.2 Å². The number of rotatable bonds is 4. The molecule has 1 aliphatic heterocycles. The van der Waals surface area contributed by atoms with Gasteiger partial charge in [0.2, 0.25) is 0 Å². The van der Waals surface area contributed by atoms with E-state index in [2.05, 4.69) is 37.7 Å². The highest BCUT2D eigenvalue weighted by atomic mass is 19.4. The predicted molar refractivity (Wildman–Crippen MR) is 121 cm³/mol. The molecule has 10 heteroatoms. The van der Waals surface area contributed by atoms with Crippen molar-refractivity contribution in [2.24, 2.45) is 0 Å². The number of urea groups is 1. The van der Waals surface area contributed by atoms with Crippen LogP contribution >= 0.6 is 0 Å². The normalized spacial score (nSPS) is 14.7. The first-order chi connectivity index (χ1) is 15.8. The monoisotopic (exact) mass is 456 g/mol. The van der Waals surface area contributed by atoms with Crippen molar-refractivity contribution < 1.29 is 18.0 Å². The van der Waals surface area contributed by atoms with E-state index in [1.807, 2.05) is 12.1 Å². The fraction of sp³-hybridized carbons (Fsp3) is 0.261. The van der Waals surface area contributed by atoms with Crippen LogP contribution in [0.25, 0.3) is 11.3 Å². The number of carbonyl (C=O) groups excluding carboxylic acids is 1. The summed E-state index contributed by atoms with van der Waals surface area (Å²) in [6, 6.07) is 14.6. The molecule has 33 heavy (non-hydrogen) atoms. The van der Waals surface area contributed by atoms with Crippen molar-refractivity contribution in [3.63, 3.8) is 0 Å². The predicted octanol–water partition coefficient (Wildman–Crippen LogP) is 4.56. The highest BCUT2D eigenvalue weighted by Gasteiger charge is 2.30. The highest BCUT2D eigenvalue weighted by Crippen LogP contribution is 2.30. The molecule has 0 bridgehead atoms. The number of anilines is 3. The van der Waals surface area contributed by atoms with Crippen LogP contribution in [0.5, 0.6) is 0 Å². The van der Waals surface area contributed by atoms with E-state index in [1.54, 1.807) is 24.3 Å². The van der Waals surface area contributed by atoms with E-state index >= 15 is 0 Å². The van der Waals surface area contributed by atoms with Gasteiger partial charge in [-0.2, -0.15) is 13.2 Å². The molecule has 0 saturated carbocycles. The van der Waals surface area contributed by atoms with Crippen molar-refractivity contribution in [1.82, 2.24) is 15.1 Å². The summed E-state index contributed by atoms with van der Waals surface area (Å²) in [5.74, 6) is 0.844. The third-order valence-electron chi connectivity index (χ3n) is 5.36. The minimum Gasteiger partial charge on any atom is -0.353 e. The van der Waals surface area contributed by atoms with Gasteiger partial charge in [-0.05, 0) is 49.5 Å². The number of alkyl halides is 3. The Balaban J connectivity index is 1.36. The number of likely N-dealkylation sites (N-methyl/N-ethyl adjacent to an activating group) is 1. The van der Waals surface area contributed by atoms with Gasteiger partial charge < -0.3 is 20.4 Å². The summed E-state index contributed by atoms with van der Waals surface area (Å²) in [6.45, 7) is 3.79. The largest absolute Gasteiger partial charge is 0.416 e. The van der Waals surface area contributed by atoms with Crippen molar-refractivity contribution in [3.8, 4) is 11.3 Å². The average molecular weight is 456 g/mol. The number of hydrogen-bond acceptors (Lipinski definition) is 5. The number of piperazine rings is 1. The molecule has 2 aromatic carbocycles. The summed E-state index contributed by atoms with van der Waals surface area (Å²) in [6.07, 6.45) is -4.48. The molecule has 3 aromatic rings. The number of hydrogen-bond donors (Lipinski definition) is 2. The fourth-order valence-electron chi connectivity index (χ4n) is 3.47. The van der Waals surface area contributed by atoms with E-state index in [4.69, 9.17) is 0 Å². The summed E-state index contributed by atoms with van der Waals surface area (Å²) < 4.78 is 38.5. The second-order valence-electron chi connectivity index (χ2n) is 7.80. The smallest absolute Gasteiger partial charge is 0.353 e. The molecule has 1 aromatic heterocycles. The standard InChI is InChI=1S/C23H23F3N6O/c1-31-11-13-32(14-12-31)21-10-9-20(29-30-21)16-5-7-18(8-6-16)27-22(33)28-19-4-2-3-17(15-19)23(24,25)26/h2-10,15H,11-14H2,1H3,(H2,27,28,33). The summed E-state index contributed by atoms with van der Waals surface area (Å²) >= 11 is 0. The first kappa shape index (κ1) is 22.5. The van der Waals surface area contributed by atoms with Crippen LogP contribution in [0.3, 0.4) is 0 Å². The van der Waals surface area contributed by atoms with Crippen molar-refractivity contribution in [1.29, 1.82) is 0 Å². The molecule has 2 amide bonds. The fourth-order valence-corrected chi connectivity index (χ4v) is 3.47. The van der Waals surface area contributed by atoms with Gasteiger partial charge in [0.05, 0.1) is 11.3 Å². The second-order valence-corrected chi connectivity index (χ2v) is 7.80. The molecular weight excluding hydrogens is 433 g/mol. The molecule has 0 radical (unpaired) electrons. The number of aromatic nitrogens is 2. The van der Waals surface area contributed by atoms with Gasteiger partial charge >= 0.3 is 12.2 Å². The van der Waals surface area contributed by atoms with Crippen LogP contribution in [0, 0.1) is 0 Å². The molecule has 1 aliphatic rings. The zero-order valence-electron chi connectivity index (χ0n) is 17.9. The zero-order chi connectivity index (χ0) is 23.4. The summed E-state index contributed by atoms with van der Waals surface area (Å²) in [5.41, 5.74) is 1.24. The Labute approximate surface area is 189 Å². The zero-order valence-corrected chi connectivity index (χ0v) is 17.9. The quantitative estimate of drug-likeness (QED) is 0.602. The number of nitrogens with zero attached hydrogens (tertiary/aromatic N) is 4. The minimum atomic E-state index is -4.48. The lowest BCUT2D eigenvalue weighted by Crippen LogP contribution is -2.44. The van der Waals surface area contributed by atoms with Crippen LogP contribution in [-0.4, -0.2) is 54.4 Å². The van der Waals surface area contributed by atoms with Crippen molar-refractivity contribution in [3.05, 3.63) is 66.2 Å². The van der Waals surface area contributed by atoms with Gasteiger partial charge in [0, 0.05) is 43.1 Å². The van der Waals surface area contributed by atoms with Gasteiger partial charge in [0.15, 0.2) is 5.82 Å². The Morgan fingerprint density at radius 1 is 0.879 bits per heavy atom. The number of carbonyl (C=O) groups is 1. The number of amides is 2. The Morgan fingerprint density at radius 3 is 2.21 bits per heavy atom. The molecule has 7 nitrogen and oxygen atoms in total. The third-order valence-corrected chi connectivity index (χ3v) is 5.36. The van der Waals surface area contributed by atoms with Crippen molar-refractivity contribution in [2.45, 2.75) is 6.18 Å². The molecular formula is C23H23F3N6O. The maximum Gasteiger partial charge on any atom is 0.416 e. The molecule has 2 heterocycles. The molecule has 0 spiro atoms. The molecule has 1 saturated heterocycles. The molecule has 0 aliphatic carbocycles. The van der Waals surface area contributed by atoms with Gasteiger partial charge in [0.1, 0.15) is 0 Å². The average Bonchev–Trinajstić information content (AvgIpc) is 2.80. The molecule has 172 valence electrons. The number of benzene rings is 2. The molecule has 0 unspecified atom stereocenters. The summed E-state index contributed by atoms with van der Waals surface area (Å²) in [5, 5.41) is 13.7. The van der Waals surface area contributed by atoms with Gasteiger partial charge in [0.25, 0.3) is 0 Å². The Morgan fingerprint density at radius 2 is 1.58 bits per heavy atom. The lowest BCUT2D eigenvalue weighted by Gasteiger charge is -2.32. The number of nitrogens with one attached hydrogen (secondary N) is 2. The highest BCUT2D eigenvalue weighted by molar-refractivity contribution is 5.99. The Bertz CT molecular complexity index is 1090. The van der Waals surface area contributed by atoms with E-state index < -0.39 is 17.8 Å². The van der Waals surface area contributed by atoms with Gasteiger partial charge in [-0.3, -0.25) is 0 Å². The second kappa shape index (κ2) is 9.45. The third kappa shape index (κ3) is 5.78. The molecule has 4 rings (SSSR count). The van der Waals surface area contributed by atoms with Gasteiger partial charge in [-0.25, -0.2) is 4.79 Å². The Kier molecular flexibility index (Phi) is 6.45. The van der Waals surface area contributed by atoms with Gasteiger partial charge in [-0.15, -0.1) is 10.2 Å². The number of halogens is 3. The van der Waals surface area contributed by atoms with E-state index in [0.717, 1.165) is 49.7 Å². The summed E-state index contributed by atoms with van der Waals surface area (Å²) in [4.78, 5) is 16.6. The molecule has 0 atom stereocenters. The van der Waals surface area contributed by atoms with Gasteiger partial charge in [-0.1, -0.05) is 18.2 Å². The first-order valence-corrected chi connectivity index (χ1v) is 10.4. The minimum absolute atomic E-state index is 0.0506. The SMILES string of the molecule is CN1CCN(c2ccc(-c3ccc(NC(=O)Nc4cccc(C(F)(F)F)c4)cc3)nn2)CC1. The van der Waals surface area contributed by atoms with E-state index in [-0.39, 0.29) is 5.69 Å². The van der Waals surface area contributed by atoms with Crippen LogP contribution < -0.4 is 15.5 Å². The summed E-state index contributed by atoms with van der Waals surface area (Å²) in [7, 11) is 2.10. The van der Waals surface area contributed by atoms with Crippen LogP contribution in [0.15, 0.2) is 60.7 Å². The maximum atomic E-state index is 12.8. The van der Waals surface area contributed by atoms with Crippen molar-refractivity contribution in [2.75, 3.05) is 48.8 Å². The van der Waals surface area contributed by atoms with Crippen LogP contribution in [0.1, 0.15) is 5.56 Å². The van der Waals surface area contributed by atoms with Crippen LogP contribution in [-0.2, 0) is 6.18 Å². The maximum absolute atomic E-state index is 12.8. The first-order valence-electron chi connectivity index (χ1n) is 10.4. The topological polar surface area (TPSA) is 73.4 Å². The molecule has 1 fully saturated rings. The van der Waals surface area contributed by atoms with Crippen molar-refractivity contribution >= 4 is 23.2 Å². The Hall–Kier alpha value is -3.66. The van der Waals surface area contributed by atoms with E-state index in [9.17, 15) is 18.0 Å². The lowest BCUT2D eigenvalue weighted by atomic mass is 10.1. The lowest BCUT2D eigenvalue weighted by molar-refractivity contribution is -0.137. The van der Waals surface area contributed by atoms with E-state index in [0.29, 0.717) is 11.4 Å².